The Balaban J connectivity index is 2.85. The number of nitrogens with one attached hydrogen (secondary N) is 1. The summed E-state index contributed by atoms with van der Waals surface area (Å²) >= 11 is 5.93. The highest BCUT2D eigenvalue weighted by Crippen LogP contribution is 2.19. The van der Waals surface area contributed by atoms with Gasteiger partial charge in [0.1, 0.15) is 0 Å². The Bertz CT molecular complexity index is 358. The van der Waals surface area contributed by atoms with E-state index in [-0.39, 0.29) is 12.5 Å². The van der Waals surface area contributed by atoms with Gasteiger partial charge in [-0.05, 0) is 6.42 Å². The number of hydrogen-bond acceptors (Lipinski definition) is 4. The molecule has 1 rings (SSSR count). The minimum absolute atomic E-state index is 0.0739. The van der Waals surface area contributed by atoms with Gasteiger partial charge in [0.15, 0.2) is 11.0 Å². The number of aromatic nitrogens is 2. The molecule has 0 saturated carbocycles. The maximum Gasteiger partial charge on any atom is 0.239 e. The molecule has 0 unspecified atom stereocenters. The number of hydrogen-bond donors (Lipinski definition) is 1. The Hall–Kier alpha value is -1.36. The summed E-state index contributed by atoms with van der Waals surface area (Å²) in [5.74, 6) is 0.477. The molecule has 1 heterocycles. The minimum atomic E-state index is -0.0739. The van der Waals surface area contributed by atoms with E-state index in [1.54, 1.807) is 13.2 Å². The van der Waals surface area contributed by atoms with E-state index in [0.29, 0.717) is 17.5 Å². The molecule has 5 nitrogen and oxygen atoms in total. The molecule has 0 aliphatic heterocycles. The van der Waals surface area contributed by atoms with Gasteiger partial charge in [0, 0.05) is 26.0 Å². The van der Waals surface area contributed by atoms with Crippen LogP contribution in [0.15, 0.2) is 12.4 Å². The van der Waals surface area contributed by atoms with Gasteiger partial charge in [-0.1, -0.05) is 18.5 Å². The molecule has 0 fully saturated rings. The van der Waals surface area contributed by atoms with Gasteiger partial charge < -0.3 is 10.2 Å². The third kappa shape index (κ3) is 3.34. The number of rotatable bonds is 5. The topological polar surface area (TPSA) is 58.1 Å². The van der Waals surface area contributed by atoms with Crippen molar-refractivity contribution in [2.45, 2.75) is 13.3 Å². The average Bonchev–Trinajstić information content (AvgIpc) is 2.29. The lowest BCUT2D eigenvalue weighted by molar-refractivity contribution is -0.119. The number of amides is 1. The van der Waals surface area contributed by atoms with Crippen molar-refractivity contribution >= 4 is 23.3 Å². The van der Waals surface area contributed by atoms with Crippen LogP contribution in [0.2, 0.25) is 5.15 Å². The molecule has 1 aromatic heterocycles. The maximum absolute atomic E-state index is 11.3. The Labute approximate surface area is 99.8 Å². The molecule has 0 aliphatic rings. The van der Waals surface area contributed by atoms with E-state index in [0.717, 1.165) is 6.42 Å². The van der Waals surface area contributed by atoms with Crippen LogP contribution in [0.4, 0.5) is 5.82 Å². The number of likely N-dealkylation sites (N-methyl/N-ethyl adjacent to an activating group) is 1. The third-order valence-electron chi connectivity index (χ3n) is 2.04. The van der Waals surface area contributed by atoms with Gasteiger partial charge >= 0.3 is 0 Å². The SMILES string of the molecule is CCCN(CC(=O)NC)c1nccnc1Cl. The second-order valence-electron chi connectivity index (χ2n) is 3.27. The minimum Gasteiger partial charge on any atom is -0.358 e. The van der Waals surface area contributed by atoms with Crippen LogP contribution in [0.3, 0.4) is 0 Å². The molecule has 0 aliphatic carbocycles. The molecule has 1 amide bonds. The standard InChI is InChI=1S/C10H15ClN4O/c1-3-6-15(7-8(16)12-2)10-9(11)13-4-5-14-10/h4-5H,3,6-7H2,1-2H3,(H,12,16). The second-order valence-corrected chi connectivity index (χ2v) is 3.62. The van der Waals surface area contributed by atoms with Crippen LogP contribution in [0.1, 0.15) is 13.3 Å². The van der Waals surface area contributed by atoms with E-state index in [2.05, 4.69) is 15.3 Å². The van der Waals surface area contributed by atoms with E-state index in [1.807, 2.05) is 11.8 Å². The molecular formula is C10H15ClN4O. The monoisotopic (exact) mass is 242 g/mol. The Morgan fingerprint density at radius 2 is 2.19 bits per heavy atom. The molecule has 0 atom stereocenters. The molecule has 0 radical (unpaired) electrons. The fraction of sp³-hybridized carbons (Fsp3) is 0.500. The lowest BCUT2D eigenvalue weighted by Gasteiger charge is -2.22. The molecule has 0 bridgehead atoms. The summed E-state index contributed by atoms with van der Waals surface area (Å²) in [4.78, 5) is 21.2. The summed E-state index contributed by atoms with van der Waals surface area (Å²) in [5, 5.41) is 2.89. The highest BCUT2D eigenvalue weighted by atomic mass is 35.5. The zero-order valence-corrected chi connectivity index (χ0v) is 10.2. The first kappa shape index (κ1) is 12.7. The van der Waals surface area contributed by atoms with Crippen LogP contribution in [-0.2, 0) is 4.79 Å². The van der Waals surface area contributed by atoms with Crippen molar-refractivity contribution in [3.8, 4) is 0 Å². The molecule has 88 valence electrons. The lowest BCUT2D eigenvalue weighted by atomic mass is 10.4. The predicted octanol–water partition coefficient (Wildman–Crippen LogP) is 1.09. The number of anilines is 1. The van der Waals surface area contributed by atoms with Crippen LogP contribution in [0.25, 0.3) is 0 Å². The maximum atomic E-state index is 11.3. The fourth-order valence-electron chi connectivity index (χ4n) is 1.31. The Kier molecular flexibility index (Phi) is 4.98. The largest absolute Gasteiger partial charge is 0.358 e. The van der Waals surface area contributed by atoms with Crippen LogP contribution in [0, 0.1) is 0 Å². The Morgan fingerprint density at radius 3 is 2.75 bits per heavy atom. The van der Waals surface area contributed by atoms with Crippen molar-refractivity contribution < 1.29 is 4.79 Å². The van der Waals surface area contributed by atoms with Gasteiger partial charge in [-0.2, -0.15) is 0 Å². The highest BCUT2D eigenvalue weighted by molar-refractivity contribution is 6.31. The van der Waals surface area contributed by atoms with E-state index >= 15 is 0 Å². The Morgan fingerprint density at radius 1 is 1.50 bits per heavy atom. The third-order valence-corrected chi connectivity index (χ3v) is 2.31. The molecule has 0 saturated heterocycles. The van der Waals surface area contributed by atoms with Crippen molar-refractivity contribution in [2.24, 2.45) is 0 Å². The van der Waals surface area contributed by atoms with Gasteiger partial charge in [-0.3, -0.25) is 4.79 Å². The molecule has 1 aromatic rings. The van der Waals surface area contributed by atoms with Gasteiger partial charge in [-0.25, -0.2) is 9.97 Å². The zero-order valence-electron chi connectivity index (χ0n) is 9.40. The van der Waals surface area contributed by atoms with E-state index in [4.69, 9.17) is 11.6 Å². The molecule has 1 N–H and O–H groups in total. The van der Waals surface area contributed by atoms with Crippen molar-refractivity contribution in [1.29, 1.82) is 0 Å². The van der Waals surface area contributed by atoms with Crippen LogP contribution < -0.4 is 10.2 Å². The lowest BCUT2D eigenvalue weighted by Crippen LogP contribution is -2.36. The van der Waals surface area contributed by atoms with Gasteiger partial charge in [0.2, 0.25) is 5.91 Å². The molecule has 0 aromatic carbocycles. The highest BCUT2D eigenvalue weighted by Gasteiger charge is 2.14. The number of carbonyl (C=O) groups is 1. The smallest absolute Gasteiger partial charge is 0.239 e. The molecular weight excluding hydrogens is 228 g/mol. The van der Waals surface area contributed by atoms with Gasteiger partial charge in [0.05, 0.1) is 6.54 Å². The second kappa shape index (κ2) is 6.27. The number of halogens is 1. The predicted molar refractivity (Wildman–Crippen MR) is 63.6 cm³/mol. The summed E-state index contributed by atoms with van der Waals surface area (Å²) in [6.07, 6.45) is 3.99. The van der Waals surface area contributed by atoms with E-state index < -0.39 is 0 Å². The van der Waals surface area contributed by atoms with E-state index in [9.17, 15) is 4.79 Å². The first-order chi connectivity index (χ1) is 7.69. The van der Waals surface area contributed by atoms with Crippen molar-refractivity contribution in [2.75, 3.05) is 25.0 Å². The van der Waals surface area contributed by atoms with Crippen LogP contribution >= 0.6 is 11.6 Å². The average molecular weight is 243 g/mol. The van der Waals surface area contributed by atoms with Crippen LogP contribution in [0.5, 0.6) is 0 Å². The summed E-state index contributed by atoms with van der Waals surface area (Å²) < 4.78 is 0. The summed E-state index contributed by atoms with van der Waals surface area (Å²) in [6, 6.07) is 0. The van der Waals surface area contributed by atoms with Crippen molar-refractivity contribution in [3.05, 3.63) is 17.5 Å². The zero-order chi connectivity index (χ0) is 12.0. The van der Waals surface area contributed by atoms with Crippen molar-refractivity contribution in [1.82, 2.24) is 15.3 Å². The first-order valence-electron chi connectivity index (χ1n) is 5.11. The number of nitrogens with zero attached hydrogens (tertiary/aromatic N) is 3. The molecule has 0 spiro atoms. The first-order valence-corrected chi connectivity index (χ1v) is 5.48. The quantitative estimate of drug-likeness (QED) is 0.840. The van der Waals surface area contributed by atoms with Crippen LogP contribution in [-0.4, -0.2) is 36.0 Å². The summed E-state index contributed by atoms with van der Waals surface area (Å²) in [6.45, 7) is 2.98. The van der Waals surface area contributed by atoms with Gasteiger partial charge in [0.25, 0.3) is 0 Å². The summed E-state index contributed by atoms with van der Waals surface area (Å²) in [5.41, 5.74) is 0. The van der Waals surface area contributed by atoms with E-state index in [1.165, 1.54) is 6.20 Å². The van der Waals surface area contributed by atoms with Gasteiger partial charge in [-0.15, -0.1) is 0 Å². The van der Waals surface area contributed by atoms with Crippen molar-refractivity contribution in [3.63, 3.8) is 0 Å². The summed E-state index contributed by atoms with van der Waals surface area (Å²) in [7, 11) is 1.60. The normalized spacial score (nSPS) is 9.94. The number of carbonyl (C=O) groups excluding carboxylic acids is 1. The fourth-order valence-corrected chi connectivity index (χ4v) is 1.53. The molecule has 6 heteroatoms. The molecule has 16 heavy (non-hydrogen) atoms.